The molecular formula is C28H33N3O8S2. The number of sulfone groups is 1. The number of thiazole rings is 1. The molecule has 3 aromatic rings. The third-order valence-electron chi connectivity index (χ3n) is 5.69. The number of methoxy groups -OCH3 is 1. The molecule has 11 nitrogen and oxygen atoms in total. The Morgan fingerprint density at radius 2 is 1.76 bits per heavy atom. The van der Waals surface area contributed by atoms with Crippen LogP contribution >= 0.6 is 11.3 Å². The minimum absolute atomic E-state index is 0.167. The van der Waals surface area contributed by atoms with Crippen LogP contribution in [0.3, 0.4) is 0 Å². The Labute approximate surface area is 243 Å². The maximum absolute atomic E-state index is 13.3. The van der Waals surface area contributed by atoms with Gasteiger partial charge in [-0.25, -0.2) is 18.2 Å². The van der Waals surface area contributed by atoms with Gasteiger partial charge in [0.25, 0.3) is 5.91 Å². The SMILES string of the molecule is COCC(C)Oc1cc(Oc2ccc(S(C)(=O)=O)cc2)cc(C(=O)Nc2nc3c(s2)CN(C(=O)OC(C)(C)C)C3)c1. The Balaban J connectivity index is 1.51. The number of rotatable bonds is 9. The van der Waals surface area contributed by atoms with Crippen LogP contribution in [0.2, 0.25) is 0 Å². The fraction of sp³-hybridized carbons (Fsp3) is 0.393. The van der Waals surface area contributed by atoms with Gasteiger partial charge in [0.1, 0.15) is 29.0 Å². The number of nitrogens with zero attached hydrogens (tertiary/aromatic N) is 2. The highest BCUT2D eigenvalue weighted by atomic mass is 32.2. The molecule has 0 radical (unpaired) electrons. The molecule has 2 heterocycles. The molecule has 1 aliphatic heterocycles. The Kier molecular flexibility index (Phi) is 8.90. The number of anilines is 1. The lowest BCUT2D eigenvalue weighted by Crippen LogP contribution is -2.33. The molecule has 0 fully saturated rings. The molecule has 2 aromatic carbocycles. The van der Waals surface area contributed by atoms with Crippen LogP contribution in [0.15, 0.2) is 47.4 Å². The molecule has 0 saturated carbocycles. The van der Waals surface area contributed by atoms with Crippen molar-refractivity contribution < 1.29 is 37.0 Å². The first-order valence-corrected chi connectivity index (χ1v) is 15.5. The van der Waals surface area contributed by atoms with E-state index in [1.54, 1.807) is 30.2 Å². The fourth-order valence-corrected chi connectivity index (χ4v) is 5.55. The molecule has 220 valence electrons. The average Bonchev–Trinajstić information content (AvgIpc) is 3.42. The van der Waals surface area contributed by atoms with Gasteiger partial charge in [-0.2, -0.15) is 0 Å². The summed E-state index contributed by atoms with van der Waals surface area (Å²) in [7, 11) is -1.78. The van der Waals surface area contributed by atoms with Gasteiger partial charge in [0.15, 0.2) is 15.0 Å². The molecule has 2 amide bonds. The number of nitrogens with one attached hydrogen (secondary N) is 1. The summed E-state index contributed by atoms with van der Waals surface area (Å²) < 4.78 is 46.0. The summed E-state index contributed by atoms with van der Waals surface area (Å²) in [4.78, 5) is 32.8. The van der Waals surface area contributed by atoms with E-state index in [1.165, 1.54) is 35.6 Å². The maximum Gasteiger partial charge on any atom is 0.410 e. The molecule has 0 bridgehead atoms. The van der Waals surface area contributed by atoms with Crippen LogP contribution in [0, 0.1) is 0 Å². The first-order chi connectivity index (χ1) is 19.2. The summed E-state index contributed by atoms with van der Waals surface area (Å²) in [5, 5.41) is 3.23. The van der Waals surface area contributed by atoms with E-state index >= 15 is 0 Å². The first kappa shape index (κ1) is 30.3. The van der Waals surface area contributed by atoms with E-state index in [2.05, 4.69) is 10.3 Å². The summed E-state index contributed by atoms with van der Waals surface area (Å²) in [5.74, 6) is 0.666. The number of hydrogen-bond donors (Lipinski definition) is 1. The third kappa shape index (κ3) is 8.18. The van der Waals surface area contributed by atoms with E-state index in [4.69, 9.17) is 18.9 Å². The molecule has 1 unspecified atom stereocenters. The van der Waals surface area contributed by atoms with Crippen molar-refractivity contribution in [1.82, 2.24) is 9.88 Å². The van der Waals surface area contributed by atoms with Crippen molar-refractivity contribution in [3.63, 3.8) is 0 Å². The molecule has 41 heavy (non-hydrogen) atoms. The number of amides is 2. The number of carbonyl (C=O) groups is 2. The third-order valence-corrected chi connectivity index (χ3v) is 7.82. The number of carbonyl (C=O) groups excluding carboxylic acids is 2. The second kappa shape index (κ2) is 12.0. The summed E-state index contributed by atoms with van der Waals surface area (Å²) in [5.41, 5.74) is 0.380. The second-order valence-corrected chi connectivity index (χ2v) is 13.7. The lowest BCUT2D eigenvalue weighted by Gasteiger charge is -2.24. The van der Waals surface area contributed by atoms with Crippen LogP contribution in [0.25, 0.3) is 0 Å². The molecule has 1 N–H and O–H groups in total. The zero-order valence-electron chi connectivity index (χ0n) is 23.7. The van der Waals surface area contributed by atoms with Gasteiger partial charge in [0.2, 0.25) is 0 Å². The molecule has 13 heteroatoms. The maximum atomic E-state index is 13.3. The van der Waals surface area contributed by atoms with Crippen molar-refractivity contribution >= 4 is 38.3 Å². The van der Waals surface area contributed by atoms with Gasteiger partial charge in [-0.3, -0.25) is 15.0 Å². The minimum atomic E-state index is -3.35. The van der Waals surface area contributed by atoms with Gasteiger partial charge in [-0.15, -0.1) is 0 Å². The second-order valence-electron chi connectivity index (χ2n) is 10.6. The van der Waals surface area contributed by atoms with E-state index in [0.29, 0.717) is 47.8 Å². The van der Waals surface area contributed by atoms with Crippen LogP contribution in [0.4, 0.5) is 9.93 Å². The van der Waals surface area contributed by atoms with Gasteiger partial charge in [-0.05, 0) is 64.1 Å². The van der Waals surface area contributed by atoms with Crippen LogP contribution in [0.1, 0.15) is 48.6 Å². The van der Waals surface area contributed by atoms with Crippen LogP contribution < -0.4 is 14.8 Å². The topological polar surface area (TPSA) is 133 Å². The molecule has 1 aliphatic rings. The molecule has 0 saturated heterocycles. The summed E-state index contributed by atoms with van der Waals surface area (Å²) >= 11 is 1.30. The number of fused-ring (bicyclic) bond motifs is 1. The van der Waals surface area contributed by atoms with Gasteiger partial charge < -0.3 is 18.9 Å². The van der Waals surface area contributed by atoms with Crippen LogP contribution in [-0.2, 0) is 32.4 Å². The summed E-state index contributed by atoms with van der Waals surface area (Å²) in [6, 6.07) is 10.8. The number of hydrogen-bond acceptors (Lipinski definition) is 10. The minimum Gasteiger partial charge on any atom is -0.488 e. The van der Waals surface area contributed by atoms with Crippen LogP contribution in [0.5, 0.6) is 17.2 Å². The van der Waals surface area contributed by atoms with Gasteiger partial charge >= 0.3 is 6.09 Å². The monoisotopic (exact) mass is 603 g/mol. The smallest absolute Gasteiger partial charge is 0.410 e. The highest BCUT2D eigenvalue weighted by molar-refractivity contribution is 7.90. The van der Waals surface area contributed by atoms with E-state index in [-0.39, 0.29) is 16.6 Å². The molecule has 1 atom stereocenters. The zero-order valence-corrected chi connectivity index (χ0v) is 25.4. The molecule has 1 aromatic heterocycles. The van der Waals surface area contributed by atoms with Crippen molar-refractivity contribution in [2.24, 2.45) is 0 Å². The van der Waals surface area contributed by atoms with Gasteiger partial charge in [-0.1, -0.05) is 11.3 Å². The van der Waals surface area contributed by atoms with Gasteiger partial charge in [0, 0.05) is 25.0 Å². The highest BCUT2D eigenvalue weighted by Gasteiger charge is 2.31. The van der Waals surface area contributed by atoms with E-state index in [0.717, 1.165) is 11.1 Å². The van der Waals surface area contributed by atoms with Crippen molar-refractivity contribution in [3.05, 3.63) is 58.6 Å². The average molecular weight is 604 g/mol. The standard InChI is InChI=1S/C28H33N3O8S2/c1-17(16-36-5)37-20-11-18(12-21(13-20)38-19-7-9-22(10-8-19)41(6,34)35)25(32)30-26-29-23-14-31(15-24(23)40-26)27(33)39-28(2,3)4/h7-13,17H,14-16H2,1-6H3,(H,29,30,32). The Bertz CT molecular complexity index is 1510. The molecule has 4 rings (SSSR count). The van der Waals surface area contributed by atoms with E-state index < -0.39 is 27.4 Å². The molecule has 0 spiro atoms. The zero-order chi connectivity index (χ0) is 29.9. The van der Waals surface area contributed by atoms with Crippen molar-refractivity contribution in [3.8, 4) is 17.2 Å². The lowest BCUT2D eigenvalue weighted by molar-refractivity contribution is 0.0241. The van der Waals surface area contributed by atoms with Crippen molar-refractivity contribution in [1.29, 1.82) is 0 Å². The predicted molar refractivity (Wildman–Crippen MR) is 154 cm³/mol. The Morgan fingerprint density at radius 3 is 2.37 bits per heavy atom. The summed E-state index contributed by atoms with van der Waals surface area (Å²) in [6.45, 7) is 8.26. The summed E-state index contributed by atoms with van der Waals surface area (Å²) in [6.07, 6.45) is 0.422. The number of benzene rings is 2. The largest absolute Gasteiger partial charge is 0.488 e. The highest BCUT2D eigenvalue weighted by Crippen LogP contribution is 2.33. The Morgan fingerprint density at radius 1 is 1.07 bits per heavy atom. The van der Waals surface area contributed by atoms with Crippen molar-refractivity contribution in [2.75, 3.05) is 25.3 Å². The number of aromatic nitrogens is 1. The van der Waals surface area contributed by atoms with Crippen molar-refractivity contribution in [2.45, 2.75) is 57.4 Å². The van der Waals surface area contributed by atoms with E-state index in [1.807, 2.05) is 27.7 Å². The molecule has 0 aliphatic carbocycles. The lowest BCUT2D eigenvalue weighted by atomic mass is 10.2. The fourth-order valence-electron chi connectivity index (χ4n) is 3.94. The first-order valence-electron chi connectivity index (χ1n) is 12.8. The van der Waals surface area contributed by atoms with Gasteiger partial charge in [0.05, 0.1) is 35.2 Å². The van der Waals surface area contributed by atoms with Crippen LogP contribution in [-0.4, -0.2) is 62.0 Å². The Hall–Kier alpha value is -3.68. The molecular weight excluding hydrogens is 570 g/mol. The quantitative estimate of drug-likeness (QED) is 0.348. The predicted octanol–water partition coefficient (Wildman–Crippen LogP) is 5.26. The van der Waals surface area contributed by atoms with E-state index in [9.17, 15) is 18.0 Å². The normalized spacial score (nSPS) is 13.9. The number of ether oxygens (including phenoxy) is 4.